The van der Waals surface area contributed by atoms with E-state index in [1.54, 1.807) is 0 Å². The van der Waals surface area contributed by atoms with E-state index in [9.17, 15) is 13.2 Å². The Hall–Kier alpha value is -0.290. The van der Waals surface area contributed by atoms with Crippen LogP contribution in [0, 0.1) is 11.8 Å². The minimum atomic E-state index is -4.03. The lowest BCUT2D eigenvalue weighted by atomic mass is 9.92. The van der Waals surface area contributed by atoms with Crippen molar-refractivity contribution in [2.45, 2.75) is 65.2 Å². The fraction of sp³-hybridized carbons (Fsp3) is 1.00. The quantitative estimate of drug-likeness (QED) is 0.804. The largest absolute Gasteiger partial charge is 0.389 e. The Labute approximate surface area is 121 Å². The van der Waals surface area contributed by atoms with Crippen molar-refractivity contribution >= 4 is 0 Å². The predicted molar refractivity (Wildman–Crippen MR) is 76.7 cm³/mol. The first kappa shape index (κ1) is 17.8. The molecule has 0 aromatic rings. The predicted octanol–water partition coefficient (Wildman–Crippen LogP) is 3.67. The van der Waals surface area contributed by atoms with Gasteiger partial charge >= 0.3 is 6.18 Å². The first-order valence-electron chi connectivity index (χ1n) is 7.78. The Morgan fingerprint density at radius 2 is 1.90 bits per heavy atom. The third-order valence-corrected chi connectivity index (χ3v) is 4.50. The summed E-state index contributed by atoms with van der Waals surface area (Å²) in [5, 5.41) is 3.57. The fourth-order valence-corrected chi connectivity index (χ4v) is 2.92. The molecule has 0 radical (unpaired) electrons. The zero-order valence-corrected chi connectivity index (χ0v) is 13.1. The summed E-state index contributed by atoms with van der Waals surface area (Å²) < 4.78 is 36.9. The average molecular weight is 294 g/mol. The van der Waals surface area contributed by atoms with Crippen molar-refractivity contribution in [2.75, 3.05) is 19.6 Å². The second-order valence-corrected chi connectivity index (χ2v) is 6.43. The van der Waals surface area contributed by atoms with E-state index in [0.717, 1.165) is 19.5 Å². The SMILES string of the molecule is CCC(C)C1CN(CCCC(F)(F)F)C(C(C)C)CN1. The number of hydrogen-bond donors (Lipinski definition) is 1. The monoisotopic (exact) mass is 294 g/mol. The lowest BCUT2D eigenvalue weighted by Crippen LogP contribution is -2.60. The maximum Gasteiger partial charge on any atom is 0.389 e. The number of nitrogens with zero attached hydrogens (tertiary/aromatic N) is 1. The minimum absolute atomic E-state index is 0.208. The van der Waals surface area contributed by atoms with Gasteiger partial charge in [0.1, 0.15) is 0 Å². The van der Waals surface area contributed by atoms with Gasteiger partial charge in [0.15, 0.2) is 0 Å². The van der Waals surface area contributed by atoms with Crippen molar-refractivity contribution in [1.29, 1.82) is 0 Å². The van der Waals surface area contributed by atoms with Gasteiger partial charge in [0.05, 0.1) is 0 Å². The average Bonchev–Trinajstić information content (AvgIpc) is 2.35. The summed E-state index contributed by atoms with van der Waals surface area (Å²) in [4.78, 5) is 2.27. The molecule has 0 saturated carbocycles. The van der Waals surface area contributed by atoms with Crippen LogP contribution in [0.3, 0.4) is 0 Å². The van der Waals surface area contributed by atoms with E-state index in [2.05, 4.69) is 37.9 Å². The molecule has 2 nitrogen and oxygen atoms in total. The van der Waals surface area contributed by atoms with E-state index in [-0.39, 0.29) is 6.42 Å². The summed E-state index contributed by atoms with van der Waals surface area (Å²) in [5.41, 5.74) is 0. The number of hydrogen-bond acceptors (Lipinski definition) is 2. The number of nitrogens with one attached hydrogen (secondary N) is 1. The van der Waals surface area contributed by atoms with E-state index in [1.165, 1.54) is 0 Å². The van der Waals surface area contributed by atoms with Gasteiger partial charge in [-0.2, -0.15) is 13.2 Å². The lowest BCUT2D eigenvalue weighted by Gasteiger charge is -2.44. The van der Waals surface area contributed by atoms with Gasteiger partial charge < -0.3 is 5.32 Å². The molecule has 3 unspecified atom stereocenters. The Kier molecular flexibility index (Phi) is 6.79. The van der Waals surface area contributed by atoms with E-state index < -0.39 is 12.6 Å². The molecule has 1 rings (SSSR count). The molecule has 0 amide bonds. The molecule has 5 heteroatoms. The van der Waals surface area contributed by atoms with Crippen molar-refractivity contribution in [2.24, 2.45) is 11.8 Å². The van der Waals surface area contributed by atoms with Gasteiger partial charge in [-0.05, 0) is 24.8 Å². The van der Waals surface area contributed by atoms with Crippen molar-refractivity contribution in [3.05, 3.63) is 0 Å². The number of alkyl halides is 3. The minimum Gasteiger partial charge on any atom is -0.311 e. The van der Waals surface area contributed by atoms with E-state index in [1.807, 2.05) is 0 Å². The lowest BCUT2D eigenvalue weighted by molar-refractivity contribution is -0.136. The van der Waals surface area contributed by atoms with Crippen LogP contribution in [0.4, 0.5) is 13.2 Å². The summed E-state index contributed by atoms with van der Waals surface area (Å²) in [6.07, 6.45) is -3.40. The van der Waals surface area contributed by atoms with E-state index in [4.69, 9.17) is 0 Å². The van der Waals surface area contributed by atoms with Gasteiger partial charge in [-0.15, -0.1) is 0 Å². The van der Waals surface area contributed by atoms with Crippen molar-refractivity contribution in [3.8, 4) is 0 Å². The van der Waals surface area contributed by atoms with Crippen LogP contribution in [0.1, 0.15) is 47.0 Å². The first-order valence-corrected chi connectivity index (χ1v) is 7.78. The fourth-order valence-electron chi connectivity index (χ4n) is 2.92. The molecule has 0 aromatic heterocycles. The van der Waals surface area contributed by atoms with Gasteiger partial charge in [-0.1, -0.05) is 34.1 Å². The maximum absolute atomic E-state index is 12.3. The summed E-state index contributed by atoms with van der Waals surface area (Å²) in [6, 6.07) is 0.754. The topological polar surface area (TPSA) is 15.3 Å². The molecule has 1 aliphatic rings. The van der Waals surface area contributed by atoms with E-state index in [0.29, 0.717) is 30.5 Å². The highest BCUT2D eigenvalue weighted by molar-refractivity contribution is 4.89. The van der Waals surface area contributed by atoms with Crippen LogP contribution < -0.4 is 5.32 Å². The molecule has 1 heterocycles. The molecule has 1 N–H and O–H groups in total. The summed E-state index contributed by atoms with van der Waals surface area (Å²) in [7, 11) is 0. The number of rotatable bonds is 6. The smallest absolute Gasteiger partial charge is 0.311 e. The van der Waals surface area contributed by atoms with Crippen molar-refractivity contribution in [3.63, 3.8) is 0 Å². The molecular formula is C15H29F3N2. The molecule has 0 bridgehead atoms. The van der Waals surface area contributed by atoms with Crippen LogP contribution in [0.5, 0.6) is 0 Å². The second kappa shape index (κ2) is 7.64. The number of piperazine rings is 1. The van der Waals surface area contributed by atoms with Gasteiger partial charge in [0, 0.05) is 31.6 Å². The van der Waals surface area contributed by atoms with Crippen LogP contribution >= 0.6 is 0 Å². The Balaban J connectivity index is 2.55. The molecule has 3 atom stereocenters. The number of halogens is 3. The summed E-state index contributed by atoms with van der Waals surface area (Å²) in [5.74, 6) is 1.03. The Morgan fingerprint density at radius 1 is 1.25 bits per heavy atom. The zero-order valence-electron chi connectivity index (χ0n) is 13.1. The summed E-state index contributed by atoms with van der Waals surface area (Å²) in [6.45, 7) is 11.0. The second-order valence-electron chi connectivity index (χ2n) is 6.43. The normalized spacial score (nSPS) is 27.0. The van der Waals surface area contributed by atoms with Crippen LogP contribution in [0.15, 0.2) is 0 Å². The van der Waals surface area contributed by atoms with Crippen LogP contribution in [0.25, 0.3) is 0 Å². The van der Waals surface area contributed by atoms with E-state index >= 15 is 0 Å². The van der Waals surface area contributed by atoms with Gasteiger partial charge in [-0.25, -0.2) is 0 Å². The molecule has 0 aliphatic carbocycles. The van der Waals surface area contributed by atoms with Gasteiger partial charge in [0.2, 0.25) is 0 Å². The highest BCUT2D eigenvalue weighted by Crippen LogP contribution is 2.24. The van der Waals surface area contributed by atoms with Crippen molar-refractivity contribution < 1.29 is 13.2 Å². The molecular weight excluding hydrogens is 265 g/mol. The molecule has 1 fully saturated rings. The maximum atomic E-state index is 12.3. The third-order valence-electron chi connectivity index (χ3n) is 4.50. The highest BCUT2D eigenvalue weighted by Gasteiger charge is 2.33. The van der Waals surface area contributed by atoms with Gasteiger partial charge in [0.25, 0.3) is 0 Å². The van der Waals surface area contributed by atoms with Crippen LogP contribution in [0.2, 0.25) is 0 Å². The highest BCUT2D eigenvalue weighted by atomic mass is 19.4. The molecule has 20 heavy (non-hydrogen) atoms. The Morgan fingerprint density at radius 3 is 2.40 bits per heavy atom. The van der Waals surface area contributed by atoms with Crippen molar-refractivity contribution in [1.82, 2.24) is 10.2 Å². The molecule has 0 spiro atoms. The Bertz CT molecular complexity index is 279. The van der Waals surface area contributed by atoms with Crippen LogP contribution in [-0.2, 0) is 0 Å². The molecule has 0 aromatic carbocycles. The molecule has 1 aliphatic heterocycles. The van der Waals surface area contributed by atoms with Crippen LogP contribution in [-0.4, -0.2) is 42.8 Å². The first-order chi connectivity index (χ1) is 9.24. The van der Waals surface area contributed by atoms with Gasteiger partial charge in [-0.3, -0.25) is 4.90 Å². The zero-order chi connectivity index (χ0) is 15.3. The summed E-state index contributed by atoms with van der Waals surface area (Å²) >= 11 is 0. The molecule has 1 saturated heterocycles. The standard InChI is InChI=1S/C15H29F3N2/c1-5-12(4)13-10-20(8-6-7-15(16,17)18)14(9-19-13)11(2)3/h11-14,19H,5-10H2,1-4H3. The molecule has 120 valence electrons. The third kappa shape index (κ3) is 5.60.